The molecule has 0 radical (unpaired) electrons. The van der Waals surface area contributed by atoms with Gasteiger partial charge in [-0.05, 0) is 54.2 Å². The van der Waals surface area contributed by atoms with Gasteiger partial charge in [-0.15, -0.1) is 0 Å². The van der Waals surface area contributed by atoms with Crippen LogP contribution in [-0.4, -0.2) is 36.1 Å². The second-order valence-corrected chi connectivity index (χ2v) is 6.37. The summed E-state index contributed by atoms with van der Waals surface area (Å²) < 4.78 is 0.746. The van der Waals surface area contributed by atoms with E-state index in [0.717, 1.165) is 48.8 Å². The second kappa shape index (κ2) is 5.29. The molecule has 0 amide bonds. The normalized spacial score (nSPS) is 25.6. The summed E-state index contributed by atoms with van der Waals surface area (Å²) >= 11 is 3.48. The molecule has 2 aliphatic rings. The van der Waals surface area contributed by atoms with E-state index in [1.807, 2.05) is 0 Å². The van der Waals surface area contributed by atoms with Gasteiger partial charge in [0.05, 0.1) is 9.40 Å². The number of aromatic nitrogens is 1. The zero-order valence-corrected chi connectivity index (χ0v) is 12.9. The molecule has 1 aromatic rings. The van der Waals surface area contributed by atoms with Crippen LogP contribution in [-0.2, 0) is 0 Å². The summed E-state index contributed by atoms with van der Waals surface area (Å²) in [4.78, 5) is 17.1. The number of rotatable bonds is 2. The first-order chi connectivity index (χ1) is 9.58. The standard InChI is InChI=1S/C13H17BrN4O2/c1-8-11(18(19)20)6-16-13(12(8)14)17-3-2-9-4-15-5-10(9)7-17/h6,9-10,15H,2-5,7H2,1H3. The van der Waals surface area contributed by atoms with Crippen molar-refractivity contribution in [2.75, 3.05) is 31.1 Å². The van der Waals surface area contributed by atoms with Crippen LogP contribution in [0.5, 0.6) is 0 Å². The molecule has 2 fully saturated rings. The first-order valence-electron chi connectivity index (χ1n) is 6.83. The lowest BCUT2D eigenvalue weighted by Gasteiger charge is -2.35. The molecular weight excluding hydrogens is 324 g/mol. The van der Waals surface area contributed by atoms with Gasteiger partial charge >= 0.3 is 0 Å². The first kappa shape index (κ1) is 13.8. The number of hydrogen-bond acceptors (Lipinski definition) is 5. The van der Waals surface area contributed by atoms with Crippen LogP contribution < -0.4 is 10.2 Å². The van der Waals surface area contributed by atoms with Gasteiger partial charge in [0.2, 0.25) is 0 Å². The minimum absolute atomic E-state index is 0.0676. The van der Waals surface area contributed by atoms with Gasteiger partial charge in [-0.25, -0.2) is 4.98 Å². The van der Waals surface area contributed by atoms with Gasteiger partial charge in [0.25, 0.3) is 5.69 Å². The maximum absolute atomic E-state index is 10.9. The first-order valence-corrected chi connectivity index (χ1v) is 7.62. The Morgan fingerprint density at radius 2 is 2.25 bits per heavy atom. The van der Waals surface area contributed by atoms with Crippen LogP contribution in [0.3, 0.4) is 0 Å². The highest BCUT2D eigenvalue weighted by molar-refractivity contribution is 9.10. The molecule has 108 valence electrons. The largest absolute Gasteiger partial charge is 0.355 e. The fourth-order valence-electron chi connectivity index (χ4n) is 3.19. The van der Waals surface area contributed by atoms with Crippen LogP contribution in [0.1, 0.15) is 12.0 Å². The van der Waals surface area contributed by atoms with Crippen LogP contribution >= 0.6 is 15.9 Å². The van der Waals surface area contributed by atoms with E-state index in [2.05, 4.69) is 31.1 Å². The van der Waals surface area contributed by atoms with Crippen LogP contribution in [0.15, 0.2) is 10.7 Å². The summed E-state index contributed by atoms with van der Waals surface area (Å²) in [6, 6.07) is 0. The summed E-state index contributed by atoms with van der Waals surface area (Å²) in [6.45, 7) is 5.88. The Morgan fingerprint density at radius 1 is 1.50 bits per heavy atom. The van der Waals surface area contributed by atoms with Crippen LogP contribution in [0.2, 0.25) is 0 Å². The van der Waals surface area contributed by atoms with Crippen molar-refractivity contribution < 1.29 is 4.92 Å². The van der Waals surface area contributed by atoms with Crippen LogP contribution in [0, 0.1) is 28.9 Å². The fourth-order valence-corrected chi connectivity index (χ4v) is 3.74. The highest BCUT2D eigenvalue weighted by Crippen LogP contribution is 2.36. The monoisotopic (exact) mass is 340 g/mol. The molecule has 0 saturated carbocycles. The van der Waals surface area contributed by atoms with Crippen LogP contribution in [0.4, 0.5) is 11.5 Å². The minimum atomic E-state index is -0.385. The maximum Gasteiger partial charge on any atom is 0.291 e. The summed E-state index contributed by atoms with van der Waals surface area (Å²) in [5.74, 6) is 2.26. The fraction of sp³-hybridized carbons (Fsp3) is 0.615. The van der Waals surface area contributed by atoms with Gasteiger partial charge in [-0.3, -0.25) is 10.1 Å². The zero-order valence-electron chi connectivity index (χ0n) is 11.3. The topological polar surface area (TPSA) is 71.3 Å². The number of nitro groups is 1. The van der Waals surface area contributed by atoms with Gasteiger partial charge in [0.1, 0.15) is 12.0 Å². The Hall–Kier alpha value is -1.21. The SMILES string of the molecule is Cc1c([N+](=O)[O-])cnc(N2CCC3CNCC3C2)c1Br. The van der Waals surface area contributed by atoms with Crippen LogP contribution in [0.25, 0.3) is 0 Å². The third kappa shape index (κ3) is 2.29. The molecule has 3 heterocycles. The van der Waals surface area contributed by atoms with Crippen molar-refractivity contribution in [1.82, 2.24) is 10.3 Å². The van der Waals surface area contributed by atoms with Crippen molar-refractivity contribution >= 4 is 27.4 Å². The molecule has 6 nitrogen and oxygen atoms in total. The molecule has 1 N–H and O–H groups in total. The summed E-state index contributed by atoms with van der Waals surface area (Å²) in [7, 11) is 0. The molecule has 2 atom stereocenters. The number of anilines is 1. The molecule has 0 aliphatic carbocycles. The van der Waals surface area contributed by atoms with Crippen molar-refractivity contribution in [1.29, 1.82) is 0 Å². The van der Waals surface area contributed by atoms with Crippen molar-refractivity contribution in [3.63, 3.8) is 0 Å². The lowest BCUT2D eigenvalue weighted by Crippen LogP contribution is -2.40. The lowest BCUT2D eigenvalue weighted by atomic mass is 9.89. The molecule has 0 bridgehead atoms. The van der Waals surface area contributed by atoms with E-state index in [4.69, 9.17) is 0 Å². The highest BCUT2D eigenvalue weighted by atomic mass is 79.9. The van der Waals surface area contributed by atoms with E-state index in [1.165, 1.54) is 6.20 Å². The molecule has 0 spiro atoms. The predicted molar refractivity (Wildman–Crippen MR) is 80.0 cm³/mol. The van der Waals surface area contributed by atoms with E-state index >= 15 is 0 Å². The quantitative estimate of drug-likeness (QED) is 0.659. The summed E-state index contributed by atoms with van der Waals surface area (Å²) in [6.07, 6.45) is 2.52. The third-order valence-corrected chi connectivity index (χ3v) is 5.37. The minimum Gasteiger partial charge on any atom is -0.355 e. The summed E-state index contributed by atoms with van der Waals surface area (Å²) in [5, 5.41) is 14.4. The van der Waals surface area contributed by atoms with Gasteiger partial charge in [-0.1, -0.05) is 0 Å². The van der Waals surface area contributed by atoms with E-state index in [0.29, 0.717) is 11.5 Å². The molecule has 2 unspecified atom stereocenters. The Kier molecular flexibility index (Phi) is 3.64. The molecule has 2 aliphatic heterocycles. The van der Waals surface area contributed by atoms with Gasteiger partial charge < -0.3 is 10.2 Å². The molecule has 1 aromatic heterocycles. The Bertz CT molecular complexity index is 551. The second-order valence-electron chi connectivity index (χ2n) is 5.58. The molecule has 3 rings (SSSR count). The number of fused-ring (bicyclic) bond motifs is 1. The smallest absolute Gasteiger partial charge is 0.291 e. The zero-order chi connectivity index (χ0) is 14.3. The van der Waals surface area contributed by atoms with Crippen molar-refractivity contribution in [2.45, 2.75) is 13.3 Å². The lowest BCUT2D eigenvalue weighted by molar-refractivity contribution is -0.385. The Morgan fingerprint density at radius 3 is 3.00 bits per heavy atom. The number of nitrogens with one attached hydrogen (secondary N) is 1. The van der Waals surface area contributed by atoms with E-state index < -0.39 is 0 Å². The Labute approximate surface area is 125 Å². The number of piperidine rings is 1. The average molecular weight is 341 g/mol. The summed E-state index contributed by atoms with van der Waals surface area (Å²) in [5.41, 5.74) is 0.713. The van der Waals surface area contributed by atoms with E-state index in [9.17, 15) is 10.1 Å². The number of hydrogen-bond donors (Lipinski definition) is 1. The van der Waals surface area contributed by atoms with E-state index in [-0.39, 0.29) is 10.6 Å². The number of nitrogens with zero attached hydrogens (tertiary/aromatic N) is 3. The maximum atomic E-state index is 10.9. The number of halogens is 1. The van der Waals surface area contributed by atoms with Crippen molar-refractivity contribution in [3.05, 3.63) is 26.3 Å². The predicted octanol–water partition coefficient (Wildman–Crippen LogP) is 2.11. The van der Waals surface area contributed by atoms with Crippen molar-refractivity contribution in [2.24, 2.45) is 11.8 Å². The average Bonchev–Trinajstić information content (AvgIpc) is 2.88. The molecule has 7 heteroatoms. The highest BCUT2D eigenvalue weighted by Gasteiger charge is 2.34. The van der Waals surface area contributed by atoms with Crippen molar-refractivity contribution in [3.8, 4) is 0 Å². The third-order valence-electron chi connectivity index (χ3n) is 4.42. The van der Waals surface area contributed by atoms with Gasteiger partial charge in [0, 0.05) is 18.7 Å². The molecule has 2 saturated heterocycles. The molecule has 20 heavy (non-hydrogen) atoms. The van der Waals surface area contributed by atoms with Gasteiger partial charge in [-0.2, -0.15) is 0 Å². The van der Waals surface area contributed by atoms with E-state index in [1.54, 1.807) is 6.92 Å². The van der Waals surface area contributed by atoms with Gasteiger partial charge in [0.15, 0.2) is 0 Å². The Balaban J connectivity index is 1.87. The molecular formula is C13H17BrN4O2. The molecule has 0 aromatic carbocycles. The number of pyridine rings is 1.